The molecule has 0 unspecified atom stereocenters. The Morgan fingerprint density at radius 3 is 2.67 bits per heavy atom. The maximum Gasteiger partial charge on any atom is 0.309 e. The lowest BCUT2D eigenvalue weighted by Gasteiger charge is -2.04. The van der Waals surface area contributed by atoms with Gasteiger partial charge >= 0.3 is 5.97 Å². The molecule has 0 spiro atoms. The molecule has 2 heteroatoms. The van der Waals surface area contributed by atoms with Crippen molar-refractivity contribution in [2.24, 2.45) is 0 Å². The van der Waals surface area contributed by atoms with E-state index in [2.05, 4.69) is 36.4 Å². The number of esters is 1. The highest BCUT2D eigenvalue weighted by Crippen LogP contribution is 2.31. The van der Waals surface area contributed by atoms with Crippen LogP contribution in [-0.2, 0) is 16.0 Å². The fourth-order valence-electron chi connectivity index (χ4n) is 2.73. The zero-order valence-corrected chi connectivity index (χ0v) is 12.1. The summed E-state index contributed by atoms with van der Waals surface area (Å²) in [5, 5.41) is 0. The van der Waals surface area contributed by atoms with Crippen LogP contribution < -0.4 is 0 Å². The predicted molar refractivity (Wildman–Crippen MR) is 84.8 cm³/mol. The maximum absolute atomic E-state index is 11.6. The summed E-state index contributed by atoms with van der Waals surface area (Å²) in [6, 6.07) is 16.8. The van der Waals surface area contributed by atoms with Crippen LogP contribution in [0.3, 0.4) is 0 Å². The third kappa shape index (κ3) is 3.05. The monoisotopic (exact) mass is 278 g/mol. The molecule has 21 heavy (non-hydrogen) atoms. The van der Waals surface area contributed by atoms with Crippen molar-refractivity contribution in [1.82, 2.24) is 0 Å². The number of ether oxygens (including phenoxy) is 1. The molecular weight excluding hydrogens is 260 g/mol. The van der Waals surface area contributed by atoms with Crippen molar-refractivity contribution in [3.63, 3.8) is 0 Å². The zero-order valence-electron chi connectivity index (χ0n) is 12.1. The molecule has 2 nitrogen and oxygen atoms in total. The van der Waals surface area contributed by atoms with Crippen molar-refractivity contribution in [2.75, 3.05) is 6.61 Å². The third-order valence-corrected chi connectivity index (χ3v) is 3.71. The standard InChI is InChI=1S/C19H18O2/c1-2-21-19(20)12-14-10-16-8-9-17(13-18(16)11-14)15-6-4-3-5-7-15/h3-9,11,13H,2,10,12H2,1H3. The second-order valence-electron chi connectivity index (χ2n) is 5.24. The van der Waals surface area contributed by atoms with Crippen molar-refractivity contribution >= 4 is 12.0 Å². The first-order valence-corrected chi connectivity index (χ1v) is 7.29. The van der Waals surface area contributed by atoms with Gasteiger partial charge < -0.3 is 4.74 Å². The van der Waals surface area contributed by atoms with Crippen molar-refractivity contribution in [3.8, 4) is 11.1 Å². The Hall–Kier alpha value is -2.35. The van der Waals surface area contributed by atoms with Gasteiger partial charge in [-0.1, -0.05) is 54.1 Å². The molecular formula is C19H18O2. The molecule has 0 amide bonds. The van der Waals surface area contributed by atoms with E-state index in [0.29, 0.717) is 13.0 Å². The summed E-state index contributed by atoms with van der Waals surface area (Å²) >= 11 is 0. The lowest BCUT2D eigenvalue weighted by molar-refractivity contribution is -0.142. The number of carbonyl (C=O) groups excluding carboxylic acids is 1. The van der Waals surface area contributed by atoms with Crippen LogP contribution in [0.15, 0.2) is 54.1 Å². The van der Waals surface area contributed by atoms with E-state index >= 15 is 0 Å². The molecule has 0 aromatic heterocycles. The average Bonchev–Trinajstić information content (AvgIpc) is 2.89. The minimum Gasteiger partial charge on any atom is -0.466 e. The molecule has 0 heterocycles. The van der Waals surface area contributed by atoms with Crippen LogP contribution in [0.25, 0.3) is 17.2 Å². The summed E-state index contributed by atoms with van der Waals surface area (Å²) in [6.07, 6.45) is 3.37. The number of benzene rings is 2. The van der Waals surface area contributed by atoms with Gasteiger partial charge in [0.05, 0.1) is 13.0 Å². The molecule has 106 valence electrons. The number of hydrogen-bond acceptors (Lipinski definition) is 2. The summed E-state index contributed by atoms with van der Waals surface area (Å²) in [6.45, 7) is 2.28. The Labute approximate surface area is 125 Å². The maximum atomic E-state index is 11.6. The summed E-state index contributed by atoms with van der Waals surface area (Å²) in [7, 11) is 0. The molecule has 2 aromatic rings. The largest absolute Gasteiger partial charge is 0.466 e. The summed E-state index contributed by atoms with van der Waals surface area (Å²) in [5.74, 6) is -0.139. The van der Waals surface area contributed by atoms with Gasteiger partial charge in [-0.3, -0.25) is 4.79 Å². The Morgan fingerprint density at radius 1 is 1.10 bits per heavy atom. The summed E-state index contributed by atoms with van der Waals surface area (Å²) < 4.78 is 5.02. The molecule has 0 radical (unpaired) electrons. The first-order chi connectivity index (χ1) is 10.3. The van der Waals surface area contributed by atoms with Crippen LogP contribution >= 0.6 is 0 Å². The Bertz CT molecular complexity index is 684. The normalized spacial score (nSPS) is 12.7. The zero-order chi connectivity index (χ0) is 14.7. The molecule has 3 rings (SSSR count). The molecule has 0 bridgehead atoms. The van der Waals surface area contributed by atoms with Gasteiger partial charge in [-0.2, -0.15) is 0 Å². The van der Waals surface area contributed by atoms with Gasteiger partial charge in [0.1, 0.15) is 0 Å². The molecule has 0 N–H and O–H groups in total. The number of hydrogen-bond donors (Lipinski definition) is 0. The number of fused-ring (bicyclic) bond motifs is 1. The second-order valence-corrected chi connectivity index (χ2v) is 5.24. The van der Waals surface area contributed by atoms with E-state index < -0.39 is 0 Å². The molecule has 0 saturated carbocycles. The first-order valence-electron chi connectivity index (χ1n) is 7.29. The van der Waals surface area contributed by atoms with Gasteiger partial charge in [0.15, 0.2) is 0 Å². The highest BCUT2D eigenvalue weighted by atomic mass is 16.5. The highest BCUT2D eigenvalue weighted by Gasteiger charge is 2.16. The van der Waals surface area contributed by atoms with E-state index in [4.69, 9.17) is 4.74 Å². The molecule has 1 aliphatic carbocycles. The number of rotatable bonds is 4. The average molecular weight is 278 g/mol. The van der Waals surface area contributed by atoms with Crippen LogP contribution in [0.1, 0.15) is 24.5 Å². The van der Waals surface area contributed by atoms with Crippen LogP contribution in [-0.4, -0.2) is 12.6 Å². The van der Waals surface area contributed by atoms with E-state index in [1.54, 1.807) is 0 Å². The van der Waals surface area contributed by atoms with Gasteiger partial charge in [-0.15, -0.1) is 0 Å². The SMILES string of the molecule is CCOC(=O)CC1=Cc2cc(-c3ccccc3)ccc2C1. The topological polar surface area (TPSA) is 26.3 Å². The van der Waals surface area contributed by atoms with Gasteiger partial charge in [0, 0.05) is 0 Å². The van der Waals surface area contributed by atoms with E-state index in [-0.39, 0.29) is 5.97 Å². The van der Waals surface area contributed by atoms with E-state index in [9.17, 15) is 4.79 Å². The molecule has 0 aliphatic heterocycles. The fraction of sp³-hybridized carbons (Fsp3) is 0.211. The van der Waals surface area contributed by atoms with E-state index in [0.717, 1.165) is 12.0 Å². The van der Waals surface area contributed by atoms with Crippen molar-refractivity contribution in [2.45, 2.75) is 19.8 Å². The van der Waals surface area contributed by atoms with Crippen molar-refractivity contribution < 1.29 is 9.53 Å². The van der Waals surface area contributed by atoms with Gasteiger partial charge in [-0.05, 0) is 41.7 Å². The predicted octanol–water partition coefficient (Wildman–Crippen LogP) is 4.25. The molecule has 1 aliphatic rings. The van der Waals surface area contributed by atoms with E-state index in [1.807, 2.05) is 25.1 Å². The minimum absolute atomic E-state index is 0.139. The molecule has 0 fully saturated rings. The lowest BCUT2D eigenvalue weighted by atomic mass is 10.0. The summed E-state index contributed by atoms with van der Waals surface area (Å²) in [4.78, 5) is 11.6. The van der Waals surface area contributed by atoms with Crippen molar-refractivity contribution in [3.05, 3.63) is 65.2 Å². The molecule has 0 atom stereocenters. The van der Waals surface area contributed by atoms with Crippen LogP contribution in [0, 0.1) is 0 Å². The summed E-state index contributed by atoms with van der Waals surface area (Å²) in [5.41, 5.74) is 6.06. The number of carbonyl (C=O) groups is 1. The fourth-order valence-corrected chi connectivity index (χ4v) is 2.73. The smallest absolute Gasteiger partial charge is 0.309 e. The van der Waals surface area contributed by atoms with Crippen molar-refractivity contribution in [1.29, 1.82) is 0 Å². The second kappa shape index (κ2) is 5.96. The highest BCUT2D eigenvalue weighted by molar-refractivity contribution is 5.78. The molecule has 2 aromatic carbocycles. The van der Waals surface area contributed by atoms with Crippen LogP contribution in [0.4, 0.5) is 0 Å². The van der Waals surface area contributed by atoms with Gasteiger partial charge in [0.25, 0.3) is 0 Å². The van der Waals surface area contributed by atoms with Gasteiger partial charge in [-0.25, -0.2) is 0 Å². The Balaban J connectivity index is 1.81. The van der Waals surface area contributed by atoms with Crippen LogP contribution in [0.2, 0.25) is 0 Å². The minimum atomic E-state index is -0.139. The quantitative estimate of drug-likeness (QED) is 0.782. The Morgan fingerprint density at radius 2 is 1.90 bits per heavy atom. The third-order valence-electron chi connectivity index (χ3n) is 3.71. The van der Waals surface area contributed by atoms with Gasteiger partial charge in [0.2, 0.25) is 0 Å². The molecule has 0 saturated heterocycles. The van der Waals surface area contributed by atoms with E-state index in [1.165, 1.54) is 22.3 Å². The van der Waals surface area contributed by atoms with Crippen LogP contribution in [0.5, 0.6) is 0 Å². The first kappa shape index (κ1) is 13.6. The lowest BCUT2D eigenvalue weighted by Crippen LogP contribution is -2.04. The Kier molecular flexibility index (Phi) is 3.87.